The van der Waals surface area contributed by atoms with E-state index in [9.17, 15) is 15.0 Å². The normalized spacial score (nSPS) is 10.3. The Morgan fingerprint density at radius 2 is 2.05 bits per heavy atom. The first-order valence-corrected chi connectivity index (χ1v) is 6.29. The van der Waals surface area contributed by atoms with Crippen molar-refractivity contribution in [1.82, 2.24) is 4.98 Å². The molecule has 0 aliphatic rings. The highest BCUT2D eigenvalue weighted by Crippen LogP contribution is 2.27. The Hall–Kier alpha value is -2.56. The van der Waals surface area contributed by atoms with Gasteiger partial charge in [0.25, 0.3) is 5.91 Å². The van der Waals surface area contributed by atoms with Gasteiger partial charge in [-0.25, -0.2) is 0 Å². The minimum Gasteiger partial charge on any atom is -0.508 e. The Labute approximate surface area is 117 Å². The standard InChI is InChI=1S/C15H16N2O3/c1-3-17(13-8-11(18)5-4-10(13)2)15(20)12-6-7-16-9-14(12)19/h4-9,18-19H,3H2,1-2H3. The van der Waals surface area contributed by atoms with Gasteiger partial charge in [0.1, 0.15) is 11.5 Å². The van der Waals surface area contributed by atoms with Gasteiger partial charge in [-0.15, -0.1) is 0 Å². The molecule has 1 aromatic heterocycles. The molecule has 20 heavy (non-hydrogen) atoms. The predicted octanol–water partition coefficient (Wildman–Crippen LogP) is 2.47. The fourth-order valence-electron chi connectivity index (χ4n) is 2.02. The molecule has 0 saturated carbocycles. The highest BCUT2D eigenvalue weighted by Gasteiger charge is 2.20. The van der Waals surface area contributed by atoms with E-state index in [-0.39, 0.29) is 23.0 Å². The first-order valence-electron chi connectivity index (χ1n) is 6.29. The van der Waals surface area contributed by atoms with Crippen LogP contribution in [0.2, 0.25) is 0 Å². The van der Waals surface area contributed by atoms with E-state index >= 15 is 0 Å². The summed E-state index contributed by atoms with van der Waals surface area (Å²) in [6, 6.07) is 6.32. The summed E-state index contributed by atoms with van der Waals surface area (Å²) in [5.41, 5.74) is 1.67. The Bertz CT molecular complexity index is 641. The molecule has 0 saturated heterocycles. The average Bonchev–Trinajstić information content (AvgIpc) is 2.44. The third kappa shape index (κ3) is 2.56. The van der Waals surface area contributed by atoms with Crippen molar-refractivity contribution in [2.75, 3.05) is 11.4 Å². The van der Waals surface area contributed by atoms with Crippen LogP contribution < -0.4 is 4.90 Å². The van der Waals surface area contributed by atoms with E-state index in [0.717, 1.165) is 5.56 Å². The quantitative estimate of drug-likeness (QED) is 0.900. The first-order chi connectivity index (χ1) is 9.54. The van der Waals surface area contributed by atoms with Crippen LogP contribution in [0.15, 0.2) is 36.7 Å². The largest absolute Gasteiger partial charge is 0.508 e. The van der Waals surface area contributed by atoms with Crippen molar-refractivity contribution >= 4 is 11.6 Å². The number of pyridine rings is 1. The topological polar surface area (TPSA) is 73.7 Å². The van der Waals surface area contributed by atoms with E-state index in [1.165, 1.54) is 29.4 Å². The van der Waals surface area contributed by atoms with Crippen LogP contribution >= 0.6 is 0 Å². The lowest BCUT2D eigenvalue weighted by atomic mass is 10.1. The zero-order valence-electron chi connectivity index (χ0n) is 11.4. The van der Waals surface area contributed by atoms with E-state index in [1.54, 1.807) is 12.1 Å². The van der Waals surface area contributed by atoms with Crippen LogP contribution in [0.3, 0.4) is 0 Å². The fourth-order valence-corrected chi connectivity index (χ4v) is 2.02. The SMILES string of the molecule is CCN(C(=O)c1ccncc1O)c1cc(O)ccc1C. The average molecular weight is 272 g/mol. The van der Waals surface area contributed by atoms with Gasteiger partial charge in [0, 0.05) is 18.8 Å². The van der Waals surface area contributed by atoms with Crippen LogP contribution in [0.1, 0.15) is 22.8 Å². The van der Waals surface area contributed by atoms with Crippen molar-refractivity contribution in [2.24, 2.45) is 0 Å². The fraction of sp³-hybridized carbons (Fsp3) is 0.200. The number of nitrogens with zero attached hydrogens (tertiary/aromatic N) is 2. The third-order valence-corrected chi connectivity index (χ3v) is 3.08. The summed E-state index contributed by atoms with van der Waals surface area (Å²) < 4.78 is 0. The zero-order valence-corrected chi connectivity index (χ0v) is 11.4. The highest BCUT2D eigenvalue weighted by molar-refractivity contribution is 6.08. The van der Waals surface area contributed by atoms with Gasteiger partial charge in [0.15, 0.2) is 0 Å². The van der Waals surface area contributed by atoms with Gasteiger partial charge in [-0.3, -0.25) is 9.78 Å². The first kappa shape index (κ1) is 13.9. The van der Waals surface area contributed by atoms with Crippen molar-refractivity contribution in [1.29, 1.82) is 0 Å². The maximum Gasteiger partial charge on any atom is 0.262 e. The summed E-state index contributed by atoms with van der Waals surface area (Å²) >= 11 is 0. The molecule has 2 rings (SSSR count). The number of anilines is 1. The number of rotatable bonds is 3. The number of carbonyl (C=O) groups excluding carboxylic acids is 1. The molecule has 104 valence electrons. The molecule has 2 N–H and O–H groups in total. The summed E-state index contributed by atoms with van der Waals surface area (Å²) in [6.45, 7) is 4.11. The molecule has 0 atom stereocenters. The molecule has 1 aromatic carbocycles. The number of aromatic nitrogens is 1. The minimum atomic E-state index is -0.332. The Morgan fingerprint density at radius 1 is 1.30 bits per heavy atom. The molecule has 0 aliphatic carbocycles. The number of hydrogen-bond donors (Lipinski definition) is 2. The molecule has 1 heterocycles. The smallest absolute Gasteiger partial charge is 0.262 e. The molecule has 0 bridgehead atoms. The van der Waals surface area contributed by atoms with E-state index < -0.39 is 0 Å². The van der Waals surface area contributed by atoms with Gasteiger partial charge in [0.05, 0.1) is 17.4 Å². The number of carbonyl (C=O) groups is 1. The predicted molar refractivity (Wildman–Crippen MR) is 76.1 cm³/mol. The van der Waals surface area contributed by atoms with Gasteiger partial charge < -0.3 is 15.1 Å². The molecule has 1 amide bonds. The summed E-state index contributed by atoms with van der Waals surface area (Å²) in [4.78, 5) is 17.8. The summed E-state index contributed by atoms with van der Waals surface area (Å²) in [5.74, 6) is -0.398. The summed E-state index contributed by atoms with van der Waals surface area (Å²) in [6.07, 6.45) is 2.69. The second kappa shape index (κ2) is 5.61. The number of amides is 1. The number of aryl methyl sites for hydroxylation is 1. The molecule has 0 aliphatic heterocycles. The number of hydrogen-bond acceptors (Lipinski definition) is 4. The van der Waals surface area contributed by atoms with Crippen molar-refractivity contribution in [3.63, 3.8) is 0 Å². The van der Waals surface area contributed by atoms with Gasteiger partial charge in [-0.05, 0) is 31.5 Å². The van der Waals surface area contributed by atoms with Crippen LogP contribution in [0.4, 0.5) is 5.69 Å². The van der Waals surface area contributed by atoms with Crippen molar-refractivity contribution in [3.8, 4) is 11.5 Å². The maximum absolute atomic E-state index is 12.5. The summed E-state index contributed by atoms with van der Waals surface area (Å²) in [5, 5.41) is 19.3. The van der Waals surface area contributed by atoms with Gasteiger partial charge in [-0.1, -0.05) is 6.07 Å². The lowest BCUT2D eigenvalue weighted by Gasteiger charge is -2.23. The van der Waals surface area contributed by atoms with Crippen molar-refractivity contribution in [2.45, 2.75) is 13.8 Å². The lowest BCUT2D eigenvalue weighted by Crippen LogP contribution is -2.31. The number of phenols is 1. The molecule has 0 radical (unpaired) electrons. The highest BCUT2D eigenvalue weighted by atomic mass is 16.3. The van der Waals surface area contributed by atoms with Crippen LogP contribution in [0.25, 0.3) is 0 Å². The molecule has 0 unspecified atom stereocenters. The van der Waals surface area contributed by atoms with Crippen molar-refractivity contribution < 1.29 is 15.0 Å². The number of phenolic OH excluding ortho intramolecular Hbond substituents is 1. The van der Waals surface area contributed by atoms with Crippen LogP contribution in [-0.2, 0) is 0 Å². The second-order valence-corrected chi connectivity index (χ2v) is 4.41. The number of aromatic hydroxyl groups is 2. The molecule has 2 aromatic rings. The zero-order chi connectivity index (χ0) is 14.7. The minimum absolute atomic E-state index is 0.0933. The number of benzene rings is 1. The van der Waals surface area contributed by atoms with E-state index in [4.69, 9.17) is 0 Å². The van der Waals surface area contributed by atoms with Crippen LogP contribution in [-0.4, -0.2) is 27.6 Å². The van der Waals surface area contributed by atoms with Gasteiger partial charge >= 0.3 is 0 Å². The van der Waals surface area contributed by atoms with E-state index in [0.29, 0.717) is 12.2 Å². The van der Waals surface area contributed by atoms with Crippen LogP contribution in [0, 0.1) is 6.92 Å². The van der Waals surface area contributed by atoms with Gasteiger partial charge in [-0.2, -0.15) is 0 Å². The Balaban J connectivity index is 2.45. The molecule has 0 fully saturated rings. The Kier molecular flexibility index (Phi) is 3.89. The van der Waals surface area contributed by atoms with E-state index in [2.05, 4.69) is 4.98 Å². The Morgan fingerprint density at radius 3 is 2.70 bits per heavy atom. The van der Waals surface area contributed by atoms with Crippen LogP contribution in [0.5, 0.6) is 11.5 Å². The van der Waals surface area contributed by atoms with Crippen molar-refractivity contribution in [3.05, 3.63) is 47.8 Å². The molecule has 5 nitrogen and oxygen atoms in total. The maximum atomic E-state index is 12.5. The lowest BCUT2D eigenvalue weighted by molar-refractivity contribution is 0.0985. The molecule has 0 spiro atoms. The summed E-state index contributed by atoms with van der Waals surface area (Å²) in [7, 11) is 0. The third-order valence-electron chi connectivity index (χ3n) is 3.08. The molecule has 5 heteroatoms. The monoisotopic (exact) mass is 272 g/mol. The molecular weight excluding hydrogens is 256 g/mol. The van der Waals surface area contributed by atoms with E-state index in [1.807, 2.05) is 13.8 Å². The van der Waals surface area contributed by atoms with Gasteiger partial charge in [0.2, 0.25) is 0 Å². The molecular formula is C15H16N2O3. The second-order valence-electron chi connectivity index (χ2n) is 4.41.